The minimum absolute atomic E-state index is 0.168. The van der Waals surface area contributed by atoms with Gasteiger partial charge < -0.3 is 4.90 Å². The molecule has 0 unspecified atom stereocenters. The van der Waals surface area contributed by atoms with E-state index in [1.165, 1.54) is 17.3 Å². The summed E-state index contributed by atoms with van der Waals surface area (Å²) < 4.78 is 15.3. The molecule has 0 saturated carbocycles. The van der Waals surface area contributed by atoms with Gasteiger partial charge in [-0.3, -0.25) is 4.79 Å². The maximum absolute atomic E-state index is 13.7. The standard InChI is InChI=1S/C17H15FN4O/c1-21(10-14-4-2-3-5-16(14)18)17(23)13-6-8-15(9-7-13)22-12-19-11-20-22/h2-9,11-12H,10H2,1H3. The normalized spacial score (nSPS) is 10.5. The Morgan fingerprint density at radius 2 is 1.91 bits per heavy atom. The average molecular weight is 310 g/mol. The van der Waals surface area contributed by atoms with Crippen LogP contribution in [-0.2, 0) is 6.54 Å². The van der Waals surface area contributed by atoms with E-state index in [0.717, 1.165) is 5.69 Å². The molecule has 0 aliphatic rings. The van der Waals surface area contributed by atoms with Gasteiger partial charge in [0.2, 0.25) is 0 Å². The number of carbonyl (C=O) groups is 1. The van der Waals surface area contributed by atoms with E-state index in [0.29, 0.717) is 11.1 Å². The lowest BCUT2D eigenvalue weighted by atomic mass is 10.1. The molecular weight excluding hydrogens is 295 g/mol. The number of halogens is 1. The SMILES string of the molecule is CN(Cc1ccccc1F)C(=O)c1ccc(-n2cncn2)cc1. The number of carbonyl (C=O) groups excluding carboxylic acids is 1. The molecule has 0 aliphatic carbocycles. The van der Waals surface area contributed by atoms with Crippen LogP contribution in [0, 0.1) is 5.82 Å². The fourth-order valence-corrected chi connectivity index (χ4v) is 2.27. The van der Waals surface area contributed by atoms with Crippen molar-refractivity contribution in [3.63, 3.8) is 0 Å². The van der Waals surface area contributed by atoms with Crippen LogP contribution in [0.15, 0.2) is 61.2 Å². The molecule has 0 radical (unpaired) electrons. The molecule has 1 heterocycles. The van der Waals surface area contributed by atoms with Crippen molar-refractivity contribution in [1.29, 1.82) is 0 Å². The molecule has 0 fully saturated rings. The average Bonchev–Trinajstić information content (AvgIpc) is 3.11. The Labute approximate surface area is 133 Å². The van der Waals surface area contributed by atoms with Gasteiger partial charge in [-0.2, -0.15) is 5.10 Å². The highest BCUT2D eigenvalue weighted by molar-refractivity contribution is 5.94. The van der Waals surface area contributed by atoms with Gasteiger partial charge in [0.15, 0.2) is 0 Å². The van der Waals surface area contributed by atoms with Crippen LogP contribution in [0.5, 0.6) is 0 Å². The van der Waals surface area contributed by atoms with E-state index in [1.54, 1.807) is 60.5 Å². The number of hydrogen-bond acceptors (Lipinski definition) is 3. The summed E-state index contributed by atoms with van der Waals surface area (Å²) in [4.78, 5) is 17.8. The van der Waals surface area contributed by atoms with E-state index in [-0.39, 0.29) is 18.3 Å². The van der Waals surface area contributed by atoms with Crippen LogP contribution < -0.4 is 0 Å². The second-order valence-corrected chi connectivity index (χ2v) is 5.14. The van der Waals surface area contributed by atoms with Gasteiger partial charge >= 0.3 is 0 Å². The minimum Gasteiger partial charge on any atom is -0.337 e. The molecule has 1 aromatic heterocycles. The van der Waals surface area contributed by atoms with Crippen LogP contribution >= 0.6 is 0 Å². The third-order valence-corrected chi connectivity index (χ3v) is 3.51. The molecule has 1 amide bonds. The number of rotatable bonds is 4. The summed E-state index contributed by atoms with van der Waals surface area (Å²) in [5.74, 6) is -0.480. The molecule has 6 heteroatoms. The van der Waals surface area contributed by atoms with Crippen LogP contribution in [0.3, 0.4) is 0 Å². The van der Waals surface area contributed by atoms with Crippen molar-refractivity contribution < 1.29 is 9.18 Å². The summed E-state index contributed by atoms with van der Waals surface area (Å²) in [5, 5.41) is 4.03. The number of hydrogen-bond donors (Lipinski definition) is 0. The van der Waals surface area contributed by atoms with Gasteiger partial charge in [0.1, 0.15) is 18.5 Å². The first-order valence-electron chi connectivity index (χ1n) is 7.09. The van der Waals surface area contributed by atoms with Gasteiger partial charge in [0, 0.05) is 24.7 Å². The molecule has 2 aromatic carbocycles. The summed E-state index contributed by atoms with van der Waals surface area (Å²) in [5.41, 5.74) is 1.84. The lowest BCUT2D eigenvalue weighted by Gasteiger charge is -2.18. The molecule has 0 N–H and O–H groups in total. The fraction of sp³-hybridized carbons (Fsp3) is 0.118. The molecule has 3 aromatic rings. The largest absolute Gasteiger partial charge is 0.337 e. The zero-order valence-corrected chi connectivity index (χ0v) is 12.6. The highest BCUT2D eigenvalue weighted by Gasteiger charge is 2.13. The van der Waals surface area contributed by atoms with Crippen LogP contribution in [0.1, 0.15) is 15.9 Å². The zero-order chi connectivity index (χ0) is 16.2. The fourth-order valence-electron chi connectivity index (χ4n) is 2.27. The van der Waals surface area contributed by atoms with E-state index in [4.69, 9.17) is 0 Å². The summed E-state index contributed by atoms with van der Waals surface area (Å²) in [6.45, 7) is 0.219. The summed E-state index contributed by atoms with van der Waals surface area (Å²) >= 11 is 0. The Bertz CT molecular complexity index is 800. The molecule has 23 heavy (non-hydrogen) atoms. The first-order valence-corrected chi connectivity index (χ1v) is 7.09. The van der Waals surface area contributed by atoms with Crippen molar-refractivity contribution in [3.8, 4) is 5.69 Å². The van der Waals surface area contributed by atoms with E-state index in [9.17, 15) is 9.18 Å². The Balaban J connectivity index is 1.73. The monoisotopic (exact) mass is 310 g/mol. The minimum atomic E-state index is -0.311. The third kappa shape index (κ3) is 3.26. The van der Waals surface area contributed by atoms with Crippen LogP contribution in [0.4, 0.5) is 4.39 Å². The predicted octanol–water partition coefficient (Wildman–Crippen LogP) is 2.68. The van der Waals surface area contributed by atoms with Gasteiger partial charge in [0.25, 0.3) is 5.91 Å². The maximum Gasteiger partial charge on any atom is 0.253 e. The Morgan fingerprint density at radius 1 is 1.17 bits per heavy atom. The Morgan fingerprint density at radius 3 is 2.57 bits per heavy atom. The molecule has 0 aliphatic heterocycles. The van der Waals surface area contributed by atoms with Crippen molar-refractivity contribution in [2.24, 2.45) is 0 Å². The van der Waals surface area contributed by atoms with Crippen LogP contribution in [0.2, 0.25) is 0 Å². The van der Waals surface area contributed by atoms with E-state index in [1.807, 2.05) is 0 Å². The van der Waals surface area contributed by atoms with E-state index < -0.39 is 0 Å². The molecule has 3 rings (SSSR count). The molecular formula is C17H15FN4O. The van der Waals surface area contributed by atoms with Gasteiger partial charge in [-0.05, 0) is 30.3 Å². The van der Waals surface area contributed by atoms with Crippen molar-refractivity contribution in [2.75, 3.05) is 7.05 Å². The van der Waals surface area contributed by atoms with Gasteiger partial charge in [0.05, 0.1) is 5.69 Å². The van der Waals surface area contributed by atoms with Crippen molar-refractivity contribution in [3.05, 3.63) is 78.1 Å². The van der Waals surface area contributed by atoms with Crippen molar-refractivity contribution >= 4 is 5.91 Å². The van der Waals surface area contributed by atoms with E-state index >= 15 is 0 Å². The Hall–Kier alpha value is -3.02. The maximum atomic E-state index is 13.7. The zero-order valence-electron chi connectivity index (χ0n) is 12.6. The van der Waals surface area contributed by atoms with Gasteiger partial charge in [-0.25, -0.2) is 14.1 Å². The highest BCUT2D eigenvalue weighted by atomic mass is 19.1. The smallest absolute Gasteiger partial charge is 0.253 e. The third-order valence-electron chi connectivity index (χ3n) is 3.51. The molecule has 0 bridgehead atoms. The summed E-state index contributed by atoms with van der Waals surface area (Å²) in [6.07, 6.45) is 3.03. The topological polar surface area (TPSA) is 51.0 Å². The van der Waals surface area contributed by atoms with Crippen LogP contribution in [0.25, 0.3) is 5.69 Å². The highest BCUT2D eigenvalue weighted by Crippen LogP contribution is 2.13. The lowest BCUT2D eigenvalue weighted by Crippen LogP contribution is -2.26. The first-order chi connectivity index (χ1) is 11.1. The molecule has 5 nitrogen and oxygen atoms in total. The number of benzene rings is 2. The summed E-state index contributed by atoms with van der Waals surface area (Å²) in [6, 6.07) is 13.5. The van der Waals surface area contributed by atoms with Crippen LogP contribution in [-0.4, -0.2) is 32.6 Å². The molecule has 116 valence electrons. The lowest BCUT2D eigenvalue weighted by molar-refractivity contribution is 0.0784. The van der Waals surface area contributed by atoms with Crippen molar-refractivity contribution in [2.45, 2.75) is 6.54 Å². The number of nitrogens with zero attached hydrogens (tertiary/aromatic N) is 4. The van der Waals surface area contributed by atoms with Crippen molar-refractivity contribution in [1.82, 2.24) is 19.7 Å². The quantitative estimate of drug-likeness (QED) is 0.744. The van der Waals surface area contributed by atoms with Gasteiger partial charge in [-0.15, -0.1) is 0 Å². The molecule has 0 spiro atoms. The molecule has 0 saturated heterocycles. The summed E-state index contributed by atoms with van der Waals surface area (Å²) in [7, 11) is 1.65. The predicted molar refractivity (Wildman–Crippen MR) is 83.6 cm³/mol. The number of amides is 1. The molecule has 0 atom stereocenters. The van der Waals surface area contributed by atoms with Gasteiger partial charge in [-0.1, -0.05) is 18.2 Å². The Kier molecular flexibility index (Phi) is 4.14. The second kappa shape index (κ2) is 6.39. The second-order valence-electron chi connectivity index (χ2n) is 5.14. The number of aromatic nitrogens is 3. The van der Waals surface area contributed by atoms with E-state index in [2.05, 4.69) is 10.1 Å². The first kappa shape index (κ1) is 14.9.